The Hall–Kier alpha value is -2.67. The van der Waals surface area contributed by atoms with E-state index in [1.54, 1.807) is 24.1 Å². The Morgan fingerprint density at radius 2 is 1.85 bits per heavy atom. The minimum Gasteiger partial charge on any atom is -0.411 e. The van der Waals surface area contributed by atoms with E-state index in [1.165, 1.54) is 23.9 Å². The van der Waals surface area contributed by atoms with Crippen molar-refractivity contribution in [3.63, 3.8) is 0 Å². The Morgan fingerprint density at radius 1 is 1.15 bits per heavy atom. The summed E-state index contributed by atoms with van der Waals surface area (Å²) in [6.07, 6.45) is 0. The topological polar surface area (TPSA) is 59.2 Å². The predicted molar refractivity (Wildman–Crippen MR) is 98.0 cm³/mol. The van der Waals surface area contributed by atoms with E-state index in [0.29, 0.717) is 11.1 Å². The Labute approximate surface area is 155 Å². The van der Waals surface area contributed by atoms with E-state index < -0.39 is 0 Å². The third kappa shape index (κ3) is 4.29. The van der Waals surface area contributed by atoms with Crippen molar-refractivity contribution >= 4 is 17.7 Å². The van der Waals surface area contributed by atoms with Gasteiger partial charge in [0.15, 0.2) is 0 Å². The smallest absolute Gasteiger partial charge is 0.277 e. The van der Waals surface area contributed by atoms with Gasteiger partial charge in [0.25, 0.3) is 5.22 Å². The zero-order valence-electron chi connectivity index (χ0n) is 14.4. The fourth-order valence-electron chi connectivity index (χ4n) is 2.37. The summed E-state index contributed by atoms with van der Waals surface area (Å²) in [4.78, 5) is 14.0. The molecule has 0 radical (unpaired) electrons. The van der Waals surface area contributed by atoms with Crippen LogP contribution in [0.2, 0.25) is 0 Å². The van der Waals surface area contributed by atoms with Gasteiger partial charge < -0.3 is 9.32 Å². The van der Waals surface area contributed by atoms with E-state index in [9.17, 15) is 9.18 Å². The largest absolute Gasteiger partial charge is 0.411 e. The van der Waals surface area contributed by atoms with Gasteiger partial charge in [-0.05, 0) is 36.8 Å². The van der Waals surface area contributed by atoms with Gasteiger partial charge >= 0.3 is 0 Å². The van der Waals surface area contributed by atoms with Crippen molar-refractivity contribution in [2.24, 2.45) is 0 Å². The zero-order valence-corrected chi connectivity index (χ0v) is 15.2. The van der Waals surface area contributed by atoms with Gasteiger partial charge in [-0.25, -0.2) is 4.39 Å². The van der Waals surface area contributed by atoms with Crippen LogP contribution >= 0.6 is 11.8 Å². The van der Waals surface area contributed by atoms with Crippen LogP contribution in [0.25, 0.3) is 11.5 Å². The number of carbonyl (C=O) groups is 1. The molecule has 1 heterocycles. The first-order valence-corrected chi connectivity index (χ1v) is 9.06. The summed E-state index contributed by atoms with van der Waals surface area (Å²) in [5.74, 6) is 0.231. The van der Waals surface area contributed by atoms with Gasteiger partial charge in [-0.1, -0.05) is 42.1 Å². The van der Waals surface area contributed by atoms with Crippen molar-refractivity contribution in [2.45, 2.75) is 18.2 Å². The fourth-order valence-corrected chi connectivity index (χ4v) is 3.06. The molecule has 3 aromatic rings. The molecule has 0 N–H and O–H groups in total. The lowest BCUT2D eigenvalue weighted by molar-refractivity contribution is -0.128. The van der Waals surface area contributed by atoms with E-state index in [0.717, 1.165) is 11.1 Å². The molecule has 0 bridgehead atoms. The number of thioether (sulfide) groups is 1. The van der Waals surface area contributed by atoms with Crippen molar-refractivity contribution < 1.29 is 13.6 Å². The van der Waals surface area contributed by atoms with Crippen LogP contribution in [0.3, 0.4) is 0 Å². The maximum absolute atomic E-state index is 13.0. The zero-order chi connectivity index (χ0) is 18.5. The monoisotopic (exact) mass is 371 g/mol. The molecule has 26 heavy (non-hydrogen) atoms. The third-order valence-electron chi connectivity index (χ3n) is 4.07. The molecular weight excluding hydrogens is 353 g/mol. The Bertz CT molecular complexity index is 868. The molecule has 0 aliphatic heterocycles. The molecule has 1 unspecified atom stereocenters. The average Bonchev–Trinajstić information content (AvgIpc) is 3.15. The molecule has 2 aromatic carbocycles. The molecule has 134 valence electrons. The minimum absolute atomic E-state index is 0.0775. The highest BCUT2D eigenvalue weighted by atomic mass is 32.2. The molecule has 0 aliphatic carbocycles. The van der Waals surface area contributed by atoms with Gasteiger partial charge in [0.1, 0.15) is 5.82 Å². The molecular formula is C19H18FN3O2S. The van der Waals surface area contributed by atoms with Gasteiger partial charge in [0.05, 0.1) is 11.8 Å². The average molecular weight is 371 g/mol. The molecule has 7 heteroatoms. The summed E-state index contributed by atoms with van der Waals surface area (Å²) in [6, 6.07) is 15.4. The highest BCUT2D eigenvalue weighted by Crippen LogP contribution is 2.24. The highest BCUT2D eigenvalue weighted by Gasteiger charge is 2.19. The van der Waals surface area contributed by atoms with E-state index in [4.69, 9.17) is 4.42 Å². The molecule has 0 saturated carbocycles. The predicted octanol–water partition coefficient (Wildman–Crippen LogP) is 4.19. The Balaban J connectivity index is 1.58. The Morgan fingerprint density at radius 3 is 2.54 bits per heavy atom. The summed E-state index contributed by atoms with van der Waals surface area (Å²) in [5.41, 5.74) is 1.71. The van der Waals surface area contributed by atoms with Crippen molar-refractivity contribution in [3.05, 3.63) is 66.0 Å². The number of rotatable bonds is 6. The molecule has 0 spiro atoms. The van der Waals surface area contributed by atoms with E-state index in [-0.39, 0.29) is 23.5 Å². The SMILES string of the molecule is CC(c1ccc(F)cc1)N(C)C(=O)CSc1nnc(-c2ccccc2)o1. The standard InChI is InChI=1S/C19H18FN3O2S/c1-13(14-8-10-16(20)11-9-14)23(2)17(24)12-26-19-22-21-18(25-19)15-6-4-3-5-7-15/h3-11,13H,12H2,1-2H3. The number of halogens is 1. The van der Waals surface area contributed by atoms with Gasteiger partial charge in [-0.2, -0.15) is 0 Å². The van der Waals surface area contributed by atoms with E-state index in [2.05, 4.69) is 10.2 Å². The summed E-state index contributed by atoms with van der Waals surface area (Å²) >= 11 is 1.20. The van der Waals surface area contributed by atoms with Crippen LogP contribution < -0.4 is 0 Å². The number of hydrogen-bond donors (Lipinski definition) is 0. The van der Waals surface area contributed by atoms with Crippen LogP contribution in [-0.4, -0.2) is 33.8 Å². The van der Waals surface area contributed by atoms with Gasteiger partial charge in [0, 0.05) is 12.6 Å². The molecule has 1 amide bonds. The van der Waals surface area contributed by atoms with Gasteiger partial charge in [0.2, 0.25) is 11.8 Å². The first-order chi connectivity index (χ1) is 12.5. The van der Waals surface area contributed by atoms with Crippen LogP contribution in [0.4, 0.5) is 4.39 Å². The summed E-state index contributed by atoms with van der Waals surface area (Å²) < 4.78 is 18.6. The van der Waals surface area contributed by atoms with Crippen LogP contribution in [0, 0.1) is 5.82 Å². The van der Waals surface area contributed by atoms with Crippen LogP contribution in [0.15, 0.2) is 64.2 Å². The van der Waals surface area contributed by atoms with Crippen molar-refractivity contribution in [2.75, 3.05) is 12.8 Å². The van der Waals surface area contributed by atoms with Crippen molar-refractivity contribution in [1.82, 2.24) is 15.1 Å². The normalized spacial score (nSPS) is 12.0. The number of nitrogens with zero attached hydrogens (tertiary/aromatic N) is 3. The highest BCUT2D eigenvalue weighted by molar-refractivity contribution is 7.99. The second-order valence-electron chi connectivity index (χ2n) is 5.76. The molecule has 1 aromatic heterocycles. The fraction of sp³-hybridized carbons (Fsp3) is 0.211. The van der Waals surface area contributed by atoms with Crippen molar-refractivity contribution in [3.8, 4) is 11.5 Å². The summed E-state index contributed by atoms with van der Waals surface area (Å²) in [7, 11) is 1.72. The number of aromatic nitrogens is 2. The quantitative estimate of drug-likeness (QED) is 0.608. The molecule has 5 nitrogen and oxygen atoms in total. The molecule has 1 atom stereocenters. The lowest BCUT2D eigenvalue weighted by Crippen LogP contribution is -2.31. The first kappa shape index (κ1) is 18.1. The van der Waals surface area contributed by atoms with Gasteiger partial charge in [-0.15, -0.1) is 10.2 Å². The molecule has 3 rings (SSSR count). The minimum atomic E-state index is -0.295. The summed E-state index contributed by atoms with van der Waals surface area (Å²) in [5, 5.41) is 8.32. The van der Waals surface area contributed by atoms with Gasteiger partial charge in [-0.3, -0.25) is 4.79 Å². The molecule has 0 saturated heterocycles. The van der Waals surface area contributed by atoms with Crippen LogP contribution in [0.1, 0.15) is 18.5 Å². The number of carbonyl (C=O) groups excluding carboxylic acids is 1. The Kier molecular flexibility index (Phi) is 5.68. The number of benzene rings is 2. The van der Waals surface area contributed by atoms with E-state index >= 15 is 0 Å². The van der Waals surface area contributed by atoms with Crippen LogP contribution in [0.5, 0.6) is 0 Å². The lowest BCUT2D eigenvalue weighted by Gasteiger charge is -2.25. The summed E-state index contributed by atoms with van der Waals surface area (Å²) in [6.45, 7) is 1.90. The maximum Gasteiger partial charge on any atom is 0.277 e. The maximum atomic E-state index is 13.0. The second-order valence-corrected chi connectivity index (χ2v) is 6.69. The molecule has 0 aliphatic rings. The van der Waals surface area contributed by atoms with Crippen LogP contribution in [-0.2, 0) is 4.79 Å². The van der Waals surface area contributed by atoms with Crippen molar-refractivity contribution in [1.29, 1.82) is 0 Å². The molecule has 0 fully saturated rings. The third-order valence-corrected chi connectivity index (χ3v) is 4.88. The lowest BCUT2D eigenvalue weighted by atomic mass is 10.1. The first-order valence-electron chi connectivity index (χ1n) is 8.07. The second kappa shape index (κ2) is 8.14. The number of hydrogen-bond acceptors (Lipinski definition) is 5. The number of amides is 1. The van der Waals surface area contributed by atoms with E-state index in [1.807, 2.05) is 37.3 Å².